The Morgan fingerprint density at radius 3 is 1.93 bits per heavy atom. The molecule has 0 aromatic rings. The highest BCUT2D eigenvalue weighted by Crippen LogP contribution is 2.16. The van der Waals surface area contributed by atoms with Crippen LogP contribution in [0.2, 0.25) is 45.8 Å². The van der Waals surface area contributed by atoms with Gasteiger partial charge in [0.15, 0.2) is 8.32 Å². The van der Waals surface area contributed by atoms with Crippen LogP contribution in [0.25, 0.3) is 0 Å². The highest BCUT2D eigenvalue weighted by Gasteiger charge is 2.33. The second-order valence-corrected chi connectivity index (χ2v) is 16.6. The molecule has 0 saturated carbocycles. The molecule has 0 radical (unpaired) electrons. The van der Waals surface area contributed by atoms with Crippen molar-refractivity contribution in [2.45, 2.75) is 45.8 Å². The molecule has 0 aromatic heterocycles. The second kappa shape index (κ2) is 5.73. The Morgan fingerprint density at radius 1 is 1.07 bits per heavy atom. The molecule has 0 rings (SSSR count). The van der Waals surface area contributed by atoms with Crippen molar-refractivity contribution in [2.24, 2.45) is 0 Å². The lowest BCUT2D eigenvalue weighted by molar-refractivity contribution is 0.359. The number of hydrogen-bond acceptors (Lipinski definition) is 3. The van der Waals surface area contributed by atoms with E-state index in [1.54, 1.807) is 0 Å². The third-order valence-corrected chi connectivity index (χ3v) is 12.6. The zero-order valence-electron chi connectivity index (χ0n) is 10.5. The van der Waals surface area contributed by atoms with Crippen LogP contribution >= 0.6 is 0 Å². The van der Waals surface area contributed by atoms with E-state index in [4.69, 9.17) is 12.3 Å². The Labute approximate surface area is 94.3 Å². The van der Waals surface area contributed by atoms with Crippen molar-refractivity contribution in [1.29, 1.82) is 0 Å². The van der Waals surface area contributed by atoms with E-state index in [0.717, 1.165) is 0 Å². The lowest BCUT2D eigenvalue weighted by atomic mass is 11.8. The molecule has 0 spiro atoms. The molecule has 1 unspecified atom stereocenters. The first-order valence-electron chi connectivity index (χ1n) is 5.16. The standard InChI is InChI=1S/C7H24O3Si4/c1-11-8-12(2)9-14(6,7)10-13(3,4)5/h12H,11H2,1-7H3. The van der Waals surface area contributed by atoms with Gasteiger partial charge in [0.2, 0.25) is 0 Å². The van der Waals surface area contributed by atoms with Crippen LogP contribution in [0.15, 0.2) is 0 Å². The van der Waals surface area contributed by atoms with E-state index >= 15 is 0 Å². The fraction of sp³-hybridized carbons (Fsp3) is 1.00. The normalized spacial score (nSPS) is 16.5. The van der Waals surface area contributed by atoms with Gasteiger partial charge in [0.05, 0.1) is 0 Å². The van der Waals surface area contributed by atoms with E-state index in [-0.39, 0.29) is 9.76 Å². The van der Waals surface area contributed by atoms with Gasteiger partial charge in [0.25, 0.3) is 9.28 Å². The molecule has 7 heteroatoms. The van der Waals surface area contributed by atoms with Gasteiger partial charge in [-0.15, -0.1) is 0 Å². The highest BCUT2D eigenvalue weighted by molar-refractivity contribution is 6.83. The van der Waals surface area contributed by atoms with Crippen LogP contribution in [0.4, 0.5) is 0 Å². The lowest BCUT2D eigenvalue weighted by Gasteiger charge is -2.32. The van der Waals surface area contributed by atoms with Crippen molar-refractivity contribution < 1.29 is 12.3 Å². The Hall–Kier alpha value is 0.748. The lowest BCUT2D eigenvalue weighted by Crippen LogP contribution is -2.48. The van der Waals surface area contributed by atoms with Crippen LogP contribution in [0.3, 0.4) is 0 Å². The minimum absolute atomic E-state index is 0.330. The average molecular weight is 269 g/mol. The summed E-state index contributed by atoms with van der Waals surface area (Å²) in [6.45, 7) is 15.1. The summed E-state index contributed by atoms with van der Waals surface area (Å²) < 4.78 is 17.6. The van der Waals surface area contributed by atoms with Gasteiger partial charge in [0.1, 0.15) is 9.76 Å². The van der Waals surface area contributed by atoms with E-state index in [9.17, 15) is 0 Å². The summed E-state index contributed by atoms with van der Waals surface area (Å²) in [7, 11) is -5.11. The van der Waals surface area contributed by atoms with Crippen LogP contribution in [0.5, 0.6) is 0 Å². The van der Waals surface area contributed by atoms with Gasteiger partial charge in [-0.3, -0.25) is 0 Å². The van der Waals surface area contributed by atoms with Crippen molar-refractivity contribution in [2.75, 3.05) is 0 Å². The van der Waals surface area contributed by atoms with Crippen molar-refractivity contribution >= 4 is 35.9 Å². The van der Waals surface area contributed by atoms with Crippen molar-refractivity contribution in [3.63, 3.8) is 0 Å². The summed E-state index contributed by atoms with van der Waals surface area (Å²) in [5.74, 6) is 0. The molecule has 86 valence electrons. The monoisotopic (exact) mass is 268 g/mol. The third-order valence-electron chi connectivity index (χ3n) is 1.40. The third kappa shape index (κ3) is 8.09. The largest absolute Gasteiger partial charge is 0.444 e. The van der Waals surface area contributed by atoms with E-state index < -0.39 is 26.2 Å². The molecule has 1 atom stereocenters. The molecule has 3 nitrogen and oxygen atoms in total. The summed E-state index contributed by atoms with van der Waals surface area (Å²) in [6.07, 6.45) is 0. The van der Waals surface area contributed by atoms with Gasteiger partial charge in [-0.1, -0.05) is 6.55 Å². The van der Waals surface area contributed by atoms with Gasteiger partial charge in [-0.05, 0) is 39.3 Å². The first-order valence-corrected chi connectivity index (χ1v) is 15.5. The Morgan fingerprint density at radius 2 is 1.57 bits per heavy atom. The Bertz CT molecular complexity index is 169. The Balaban J connectivity index is 4.06. The molecule has 0 fully saturated rings. The molecule has 0 aliphatic carbocycles. The van der Waals surface area contributed by atoms with Gasteiger partial charge >= 0.3 is 8.56 Å². The highest BCUT2D eigenvalue weighted by atomic mass is 28.5. The van der Waals surface area contributed by atoms with E-state index in [0.29, 0.717) is 0 Å². The molecule has 0 heterocycles. The van der Waals surface area contributed by atoms with E-state index in [1.165, 1.54) is 0 Å². The van der Waals surface area contributed by atoms with Gasteiger partial charge in [-0.25, -0.2) is 0 Å². The predicted octanol–water partition coefficient (Wildman–Crippen LogP) is 1.56. The van der Waals surface area contributed by atoms with Crippen molar-refractivity contribution in [1.82, 2.24) is 0 Å². The molecular formula is C7H24O3Si4. The van der Waals surface area contributed by atoms with Crippen LogP contribution in [-0.2, 0) is 12.3 Å². The zero-order chi connectivity index (χ0) is 11.4. The van der Waals surface area contributed by atoms with Crippen LogP contribution < -0.4 is 0 Å². The first kappa shape index (κ1) is 14.7. The maximum Gasteiger partial charge on any atom is 0.312 e. The van der Waals surface area contributed by atoms with Crippen molar-refractivity contribution in [3.8, 4) is 0 Å². The smallest absolute Gasteiger partial charge is 0.312 e. The fourth-order valence-corrected chi connectivity index (χ4v) is 13.9. The van der Waals surface area contributed by atoms with Gasteiger partial charge in [-0.2, -0.15) is 0 Å². The second-order valence-electron chi connectivity index (χ2n) is 4.76. The summed E-state index contributed by atoms with van der Waals surface area (Å²) in [6, 6.07) is 0. The molecule has 0 aromatic carbocycles. The van der Waals surface area contributed by atoms with E-state index in [2.05, 4.69) is 45.8 Å². The van der Waals surface area contributed by atoms with Crippen LogP contribution in [-0.4, -0.2) is 35.9 Å². The van der Waals surface area contributed by atoms with Crippen molar-refractivity contribution in [3.05, 3.63) is 0 Å². The van der Waals surface area contributed by atoms with Gasteiger partial charge < -0.3 is 12.3 Å². The molecule has 0 bridgehead atoms. The summed E-state index contributed by atoms with van der Waals surface area (Å²) in [5, 5.41) is 0. The Kier molecular flexibility index (Phi) is 6.03. The van der Waals surface area contributed by atoms with E-state index in [1.807, 2.05) is 0 Å². The van der Waals surface area contributed by atoms with Gasteiger partial charge in [0, 0.05) is 0 Å². The maximum atomic E-state index is 6.07. The summed E-state index contributed by atoms with van der Waals surface area (Å²) in [5.41, 5.74) is 0. The average Bonchev–Trinajstić information content (AvgIpc) is 1.78. The number of hydrogen-bond donors (Lipinski definition) is 0. The molecule has 0 saturated heterocycles. The fourth-order valence-electron chi connectivity index (χ4n) is 1.43. The molecule has 14 heavy (non-hydrogen) atoms. The molecule has 0 aliphatic rings. The molecule has 0 aliphatic heterocycles. The topological polar surface area (TPSA) is 27.7 Å². The van der Waals surface area contributed by atoms with Crippen LogP contribution in [0, 0.1) is 0 Å². The minimum Gasteiger partial charge on any atom is -0.444 e. The quantitative estimate of drug-likeness (QED) is 0.684. The zero-order valence-corrected chi connectivity index (χ0v) is 15.1. The SMILES string of the molecule is C[SiH2]O[SiH](C)O[Si](C)(C)O[Si](C)(C)C. The number of rotatable bonds is 6. The minimum atomic E-state index is -1.92. The molecular weight excluding hydrogens is 244 g/mol. The summed E-state index contributed by atoms with van der Waals surface area (Å²) in [4.78, 5) is 0. The maximum absolute atomic E-state index is 6.07. The summed E-state index contributed by atoms with van der Waals surface area (Å²) >= 11 is 0. The first-order chi connectivity index (χ1) is 6.16. The predicted molar refractivity (Wildman–Crippen MR) is 71.5 cm³/mol. The molecule has 0 amide bonds. The molecule has 0 N–H and O–H groups in total. The van der Waals surface area contributed by atoms with Crippen LogP contribution in [0.1, 0.15) is 0 Å².